The van der Waals surface area contributed by atoms with Crippen LogP contribution in [0.25, 0.3) is 0 Å². The van der Waals surface area contributed by atoms with Crippen molar-refractivity contribution in [3.8, 4) is 0 Å². The number of hydrogen-bond acceptors (Lipinski definition) is 4. The van der Waals surface area contributed by atoms with E-state index < -0.39 is 16.2 Å². The van der Waals surface area contributed by atoms with Gasteiger partial charge >= 0.3 is 0 Å². The van der Waals surface area contributed by atoms with E-state index in [2.05, 4.69) is 0 Å². The molecule has 1 heterocycles. The number of carbonyl (C=O) groups is 1. The highest BCUT2D eigenvalue weighted by atomic mass is 32.2. The van der Waals surface area contributed by atoms with E-state index in [1.165, 1.54) is 4.90 Å². The summed E-state index contributed by atoms with van der Waals surface area (Å²) in [5.74, 6) is -0.466. The molecule has 0 radical (unpaired) electrons. The van der Waals surface area contributed by atoms with Crippen LogP contribution in [-0.2, 0) is 19.8 Å². The second-order valence-electron chi connectivity index (χ2n) is 2.32. The van der Waals surface area contributed by atoms with Gasteiger partial charge in [0.25, 0.3) is 5.91 Å². The minimum atomic E-state index is -2.40. The number of ether oxygens (including phenoxy) is 1. The molecule has 0 atom stereocenters. The van der Waals surface area contributed by atoms with E-state index in [4.69, 9.17) is 4.74 Å². The Morgan fingerprint density at radius 3 is 2.42 bits per heavy atom. The Labute approximate surface area is 71.5 Å². The number of rotatable bonds is 1. The predicted molar refractivity (Wildman–Crippen MR) is 42.4 cm³/mol. The van der Waals surface area contributed by atoms with Crippen LogP contribution >= 0.6 is 0 Å². The number of carbonyl (C=O) groups excluding carboxylic acids is 1. The molecular weight excluding hydrogens is 182 g/mol. The van der Waals surface area contributed by atoms with Crippen molar-refractivity contribution in [1.82, 2.24) is 4.90 Å². The van der Waals surface area contributed by atoms with Crippen LogP contribution in [0, 0.1) is 0 Å². The van der Waals surface area contributed by atoms with E-state index in [0.717, 1.165) is 0 Å². The van der Waals surface area contributed by atoms with Crippen molar-refractivity contribution in [2.45, 2.75) is 0 Å². The van der Waals surface area contributed by atoms with E-state index in [-0.39, 0.29) is 0 Å². The third-order valence-corrected chi connectivity index (χ3v) is 1.91. The van der Waals surface area contributed by atoms with E-state index in [1.807, 2.05) is 0 Å². The Morgan fingerprint density at radius 2 is 1.92 bits per heavy atom. The molecule has 0 aromatic rings. The number of nitrogens with zero attached hydrogens (tertiary/aromatic N) is 1. The summed E-state index contributed by atoms with van der Waals surface area (Å²) in [6, 6.07) is 0. The summed E-state index contributed by atoms with van der Waals surface area (Å²) in [7, 11) is -2.40. The van der Waals surface area contributed by atoms with Gasteiger partial charge in [0.15, 0.2) is 0 Å². The first-order chi connectivity index (χ1) is 5.70. The van der Waals surface area contributed by atoms with E-state index in [1.54, 1.807) is 0 Å². The van der Waals surface area contributed by atoms with Crippen molar-refractivity contribution in [1.29, 1.82) is 0 Å². The van der Waals surface area contributed by atoms with Crippen molar-refractivity contribution in [2.24, 2.45) is 0 Å². The summed E-state index contributed by atoms with van der Waals surface area (Å²) in [5, 5.41) is 0.672. The van der Waals surface area contributed by atoms with Gasteiger partial charge < -0.3 is 9.64 Å². The van der Waals surface area contributed by atoms with Crippen LogP contribution in [0.3, 0.4) is 0 Å². The molecule has 1 fully saturated rings. The Kier molecular flexibility index (Phi) is 3.24. The van der Waals surface area contributed by atoms with Gasteiger partial charge in [-0.15, -0.1) is 0 Å². The minimum Gasteiger partial charge on any atom is -0.378 e. The maximum absolute atomic E-state index is 11.0. The second-order valence-corrected chi connectivity index (χ2v) is 3.07. The minimum absolute atomic E-state index is 0.465. The molecule has 1 aliphatic heterocycles. The second kappa shape index (κ2) is 4.22. The lowest BCUT2D eigenvalue weighted by Crippen LogP contribution is -2.41. The molecule has 1 aliphatic rings. The van der Waals surface area contributed by atoms with Crippen LogP contribution in [0.2, 0.25) is 0 Å². The molecule has 1 amide bonds. The molecule has 0 aromatic heterocycles. The largest absolute Gasteiger partial charge is 0.378 e. The zero-order valence-electron chi connectivity index (χ0n) is 6.39. The Bertz CT molecular complexity index is 281. The van der Waals surface area contributed by atoms with Crippen molar-refractivity contribution in [3.63, 3.8) is 0 Å². The summed E-state index contributed by atoms with van der Waals surface area (Å²) in [5.41, 5.74) is 0. The fourth-order valence-corrected chi connectivity index (χ4v) is 1.25. The van der Waals surface area contributed by atoms with Crippen molar-refractivity contribution >= 4 is 21.6 Å². The molecule has 68 valence electrons. The van der Waals surface area contributed by atoms with Gasteiger partial charge in [-0.3, -0.25) is 4.79 Å². The summed E-state index contributed by atoms with van der Waals surface area (Å²) < 4.78 is 25.2. The van der Waals surface area contributed by atoms with Gasteiger partial charge in [-0.2, -0.15) is 8.42 Å². The van der Waals surface area contributed by atoms with E-state index in [0.29, 0.717) is 31.7 Å². The molecule has 1 saturated heterocycles. The van der Waals surface area contributed by atoms with Gasteiger partial charge in [-0.05, 0) is 0 Å². The SMILES string of the molecule is O=C(C=S(=O)=O)N1CCOCC1. The van der Waals surface area contributed by atoms with Crippen LogP contribution in [0.15, 0.2) is 0 Å². The lowest BCUT2D eigenvalue weighted by molar-refractivity contribution is -0.127. The molecule has 1 rings (SSSR count). The van der Waals surface area contributed by atoms with Gasteiger partial charge in [0.05, 0.1) is 13.2 Å². The molecule has 0 aliphatic carbocycles. The first-order valence-corrected chi connectivity index (χ1v) is 4.63. The lowest BCUT2D eigenvalue weighted by Gasteiger charge is -2.24. The first-order valence-electron chi connectivity index (χ1n) is 3.50. The van der Waals surface area contributed by atoms with Crippen molar-refractivity contribution in [3.05, 3.63) is 0 Å². The van der Waals surface area contributed by atoms with Crippen LogP contribution < -0.4 is 0 Å². The Morgan fingerprint density at radius 1 is 1.33 bits per heavy atom. The molecule has 0 unspecified atom stereocenters. The molecule has 12 heavy (non-hydrogen) atoms. The van der Waals surface area contributed by atoms with Crippen LogP contribution in [0.1, 0.15) is 0 Å². The zero-order chi connectivity index (χ0) is 8.97. The highest BCUT2D eigenvalue weighted by molar-refractivity contribution is 7.73. The summed E-state index contributed by atoms with van der Waals surface area (Å²) >= 11 is 0. The maximum Gasteiger partial charge on any atom is 0.262 e. The maximum atomic E-state index is 11.0. The number of hydrogen-bond donors (Lipinski definition) is 0. The Balaban J connectivity index is 2.57. The van der Waals surface area contributed by atoms with Crippen molar-refractivity contribution in [2.75, 3.05) is 26.3 Å². The average molecular weight is 191 g/mol. The summed E-state index contributed by atoms with van der Waals surface area (Å²) in [4.78, 5) is 12.5. The molecule has 5 nitrogen and oxygen atoms in total. The summed E-state index contributed by atoms with van der Waals surface area (Å²) in [6.07, 6.45) is 0. The molecular formula is C6H9NO4S. The van der Waals surface area contributed by atoms with Gasteiger partial charge in [0.1, 0.15) is 5.37 Å². The number of morpholine rings is 1. The molecule has 6 heteroatoms. The quantitative estimate of drug-likeness (QED) is 0.474. The Hall–Kier alpha value is -0.880. The smallest absolute Gasteiger partial charge is 0.262 e. The van der Waals surface area contributed by atoms with Gasteiger partial charge in [-0.1, -0.05) is 0 Å². The average Bonchev–Trinajstić information content (AvgIpc) is 2.05. The van der Waals surface area contributed by atoms with E-state index in [9.17, 15) is 13.2 Å². The van der Waals surface area contributed by atoms with Gasteiger partial charge in [0.2, 0.25) is 10.3 Å². The number of amides is 1. The third kappa shape index (κ3) is 2.63. The third-order valence-electron chi connectivity index (χ3n) is 1.52. The van der Waals surface area contributed by atoms with Crippen LogP contribution in [0.5, 0.6) is 0 Å². The van der Waals surface area contributed by atoms with Crippen molar-refractivity contribution < 1.29 is 17.9 Å². The molecule has 0 N–H and O–H groups in total. The predicted octanol–water partition coefficient (Wildman–Crippen LogP) is -1.47. The molecule has 0 spiro atoms. The standard InChI is InChI=1S/C6H9NO4S/c8-6(5-12(9)10)7-1-3-11-4-2-7/h5H,1-4H2. The van der Waals surface area contributed by atoms with Crippen LogP contribution in [0.4, 0.5) is 0 Å². The van der Waals surface area contributed by atoms with Crippen LogP contribution in [-0.4, -0.2) is 50.9 Å². The molecule has 0 bridgehead atoms. The highest BCUT2D eigenvalue weighted by Crippen LogP contribution is 1.95. The van der Waals surface area contributed by atoms with Gasteiger partial charge in [-0.25, -0.2) is 0 Å². The van der Waals surface area contributed by atoms with Gasteiger partial charge in [0, 0.05) is 13.1 Å². The zero-order valence-corrected chi connectivity index (χ0v) is 7.21. The normalized spacial score (nSPS) is 17.2. The first kappa shape index (κ1) is 9.21. The van der Waals surface area contributed by atoms with E-state index >= 15 is 0 Å². The monoisotopic (exact) mass is 191 g/mol. The lowest BCUT2D eigenvalue weighted by atomic mass is 10.4. The fourth-order valence-electron chi connectivity index (χ4n) is 0.941. The topological polar surface area (TPSA) is 63.7 Å². The highest BCUT2D eigenvalue weighted by Gasteiger charge is 2.14. The molecule has 0 saturated carbocycles. The fraction of sp³-hybridized carbons (Fsp3) is 0.667. The molecule has 0 aromatic carbocycles. The summed E-state index contributed by atoms with van der Waals surface area (Å²) in [6.45, 7) is 1.88.